The molecule has 128 valence electrons. The van der Waals surface area contributed by atoms with Crippen LogP contribution in [0.1, 0.15) is 17.2 Å². The van der Waals surface area contributed by atoms with Crippen LogP contribution in [-0.2, 0) is 15.8 Å². The molecular weight excluding hydrogens is 345 g/mol. The molecule has 2 aromatic rings. The molecule has 1 atom stereocenters. The van der Waals surface area contributed by atoms with Gasteiger partial charge in [-0.3, -0.25) is 9.59 Å². The quantitative estimate of drug-likeness (QED) is 0.735. The van der Waals surface area contributed by atoms with Crippen molar-refractivity contribution >= 4 is 28.8 Å². The van der Waals surface area contributed by atoms with Gasteiger partial charge in [0.05, 0.1) is 11.7 Å². The summed E-state index contributed by atoms with van der Waals surface area (Å²) in [5.41, 5.74) is -0.490. The highest BCUT2D eigenvalue weighted by Crippen LogP contribution is 2.30. The van der Waals surface area contributed by atoms with E-state index in [1.165, 1.54) is 17.4 Å². The molecule has 0 unspecified atom stereocenters. The lowest BCUT2D eigenvalue weighted by molar-refractivity contribution is -0.137. The van der Waals surface area contributed by atoms with E-state index in [9.17, 15) is 27.9 Å². The summed E-state index contributed by atoms with van der Waals surface area (Å²) in [6, 6.07) is 5.61. The Morgan fingerprint density at radius 3 is 2.58 bits per heavy atom. The molecule has 0 saturated heterocycles. The minimum Gasteiger partial charge on any atom is -0.387 e. The van der Waals surface area contributed by atoms with Crippen molar-refractivity contribution in [3.8, 4) is 0 Å². The van der Waals surface area contributed by atoms with E-state index in [0.29, 0.717) is 5.56 Å². The first kappa shape index (κ1) is 18.0. The highest BCUT2D eigenvalue weighted by atomic mass is 32.1. The monoisotopic (exact) mass is 358 g/mol. The van der Waals surface area contributed by atoms with Gasteiger partial charge in [-0.05, 0) is 40.6 Å². The second-order valence-electron chi connectivity index (χ2n) is 4.82. The number of rotatable bonds is 4. The standard InChI is InChI=1S/C15H13F3N2O3S/c16-15(17,18)10-2-1-3-11(6-10)20-14(23)13(22)19-7-12(21)9-4-5-24-8-9/h1-6,8,12,21H,7H2,(H,19,22)(H,20,23)/t12-/m0/s1. The van der Waals surface area contributed by atoms with E-state index in [1.54, 1.807) is 16.8 Å². The van der Waals surface area contributed by atoms with Gasteiger partial charge in [0.1, 0.15) is 0 Å². The maximum Gasteiger partial charge on any atom is 0.416 e. The predicted octanol–water partition coefficient (Wildman–Crippen LogP) is 2.56. The molecule has 0 bridgehead atoms. The van der Waals surface area contributed by atoms with Crippen molar-refractivity contribution in [1.82, 2.24) is 5.32 Å². The number of alkyl halides is 3. The van der Waals surface area contributed by atoms with Crippen LogP contribution < -0.4 is 10.6 Å². The molecule has 0 spiro atoms. The van der Waals surface area contributed by atoms with Gasteiger partial charge >= 0.3 is 18.0 Å². The number of benzene rings is 1. The van der Waals surface area contributed by atoms with Crippen LogP contribution in [0.2, 0.25) is 0 Å². The van der Waals surface area contributed by atoms with Crippen LogP contribution in [0.25, 0.3) is 0 Å². The fraction of sp³-hybridized carbons (Fsp3) is 0.200. The van der Waals surface area contributed by atoms with Crippen molar-refractivity contribution < 1.29 is 27.9 Å². The van der Waals surface area contributed by atoms with E-state index in [4.69, 9.17) is 0 Å². The lowest BCUT2D eigenvalue weighted by atomic mass is 10.2. The van der Waals surface area contributed by atoms with Gasteiger partial charge in [-0.25, -0.2) is 0 Å². The van der Waals surface area contributed by atoms with E-state index in [2.05, 4.69) is 10.6 Å². The van der Waals surface area contributed by atoms with Crippen molar-refractivity contribution in [2.45, 2.75) is 12.3 Å². The number of amides is 2. The number of carbonyl (C=O) groups is 2. The van der Waals surface area contributed by atoms with Gasteiger partial charge in [-0.2, -0.15) is 24.5 Å². The summed E-state index contributed by atoms with van der Waals surface area (Å²) >= 11 is 1.37. The van der Waals surface area contributed by atoms with E-state index >= 15 is 0 Å². The van der Waals surface area contributed by atoms with Crippen LogP contribution in [0, 0.1) is 0 Å². The molecule has 2 amide bonds. The zero-order chi connectivity index (χ0) is 17.7. The molecule has 5 nitrogen and oxygen atoms in total. The first-order valence-electron chi connectivity index (χ1n) is 6.74. The Morgan fingerprint density at radius 2 is 1.96 bits per heavy atom. The zero-order valence-electron chi connectivity index (χ0n) is 12.1. The average molecular weight is 358 g/mol. The molecule has 1 heterocycles. The van der Waals surface area contributed by atoms with Crippen LogP contribution in [0.4, 0.5) is 18.9 Å². The number of anilines is 1. The van der Waals surface area contributed by atoms with Crippen molar-refractivity contribution in [3.05, 3.63) is 52.2 Å². The maximum atomic E-state index is 12.6. The van der Waals surface area contributed by atoms with Gasteiger partial charge in [0, 0.05) is 12.2 Å². The lowest BCUT2D eigenvalue weighted by Gasteiger charge is -2.11. The second kappa shape index (κ2) is 7.45. The summed E-state index contributed by atoms with van der Waals surface area (Å²) in [7, 11) is 0. The Bertz CT molecular complexity index is 717. The van der Waals surface area contributed by atoms with Crippen molar-refractivity contribution in [1.29, 1.82) is 0 Å². The molecule has 24 heavy (non-hydrogen) atoms. The maximum absolute atomic E-state index is 12.6. The highest BCUT2D eigenvalue weighted by molar-refractivity contribution is 7.07. The van der Waals surface area contributed by atoms with Crippen LogP contribution >= 0.6 is 11.3 Å². The van der Waals surface area contributed by atoms with E-state index in [0.717, 1.165) is 18.2 Å². The molecule has 1 aromatic heterocycles. The van der Waals surface area contributed by atoms with E-state index < -0.39 is 29.7 Å². The molecule has 2 rings (SSSR count). The van der Waals surface area contributed by atoms with Crippen molar-refractivity contribution in [2.75, 3.05) is 11.9 Å². The Balaban J connectivity index is 1.91. The average Bonchev–Trinajstić information content (AvgIpc) is 3.06. The predicted molar refractivity (Wildman–Crippen MR) is 82.4 cm³/mol. The second-order valence-corrected chi connectivity index (χ2v) is 5.60. The van der Waals surface area contributed by atoms with Gasteiger partial charge in [0.2, 0.25) is 0 Å². The van der Waals surface area contributed by atoms with Crippen molar-refractivity contribution in [3.63, 3.8) is 0 Å². The zero-order valence-corrected chi connectivity index (χ0v) is 12.9. The van der Waals surface area contributed by atoms with Gasteiger partial charge in [0.25, 0.3) is 0 Å². The van der Waals surface area contributed by atoms with E-state index in [1.807, 2.05) is 0 Å². The molecule has 0 aliphatic carbocycles. The number of aliphatic hydroxyl groups excluding tert-OH is 1. The molecule has 0 saturated carbocycles. The Labute approximate surface area is 139 Å². The number of thiophene rings is 1. The summed E-state index contributed by atoms with van der Waals surface area (Å²) in [6.45, 7) is -0.189. The summed E-state index contributed by atoms with van der Waals surface area (Å²) in [5, 5.41) is 17.5. The highest BCUT2D eigenvalue weighted by Gasteiger charge is 2.30. The third kappa shape index (κ3) is 4.80. The Hall–Kier alpha value is -2.39. The minimum atomic E-state index is -4.55. The van der Waals surface area contributed by atoms with Gasteiger partial charge < -0.3 is 15.7 Å². The Kier molecular flexibility index (Phi) is 5.58. The van der Waals surface area contributed by atoms with Crippen LogP contribution in [0.3, 0.4) is 0 Å². The molecule has 0 fully saturated rings. The van der Waals surface area contributed by atoms with Crippen LogP contribution in [0.5, 0.6) is 0 Å². The number of hydrogen-bond donors (Lipinski definition) is 3. The fourth-order valence-electron chi connectivity index (χ4n) is 1.81. The molecule has 1 aromatic carbocycles. The number of halogens is 3. The number of carbonyl (C=O) groups excluding carboxylic acids is 2. The summed E-state index contributed by atoms with van der Waals surface area (Å²) in [4.78, 5) is 23.3. The van der Waals surface area contributed by atoms with E-state index in [-0.39, 0.29) is 12.2 Å². The summed E-state index contributed by atoms with van der Waals surface area (Å²) < 4.78 is 37.8. The third-order valence-electron chi connectivity index (χ3n) is 3.04. The third-order valence-corrected chi connectivity index (χ3v) is 3.74. The SMILES string of the molecule is O=C(NC[C@H](O)c1ccsc1)C(=O)Nc1cccc(C(F)(F)F)c1. The summed E-state index contributed by atoms with van der Waals surface area (Å²) in [6.07, 6.45) is -5.52. The molecule has 0 aliphatic heterocycles. The number of hydrogen-bond acceptors (Lipinski definition) is 4. The fourth-order valence-corrected chi connectivity index (χ4v) is 2.52. The van der Waals surface area contributed by atoms with Gasteiger partial charge in [-0.1, -0.05) is 6.07 Å². The van der Waals surface area contributed by atoms with Crippen LogP contribution in [-0.4, -0.2) is 23.5 Å². The van der Waals surface area contributed by atoms with Crippen LogP contribution in [0.15, 0.2) is 41.1 Å². The Morgan fingerprint density at radius 1 is 1.21 bits per heavy atom. The molecule has 3 N–H and O–H groups in total. The van der Waals surface area contributed by atoms with Gasteiger partial charge in [0.15, 0.2) is 0 Å². The molecule has 0 aliphatic rings. The largest absolute Gasteiger partial charge is 0.416 e. The van der Waals surface area contributed by atoms with Crippen molar-refractivity contribution in [2.24, 2.45) is 0 Å². The smallest absolute Gasteiger partial charge is 0.387 e. The first-order valence-corrected chi connectivity index (χ1v) is 7.68. The molecular formula is C15H13F3N2O3S. The topological polar surface area (TPSA) is 78.4 Å². The number of aliphatic hydroxyl groups is 1. The molecule has 0 radical (unpaired) electrons. The van der Waals surface area contributed by atoms with Gasteiger partial charge in [-0.15, -0.1) is 0 Å². The lowest BCUT2D eigenvalue weighted by Crippen LogP contribution is -2.37. The normalized spacial score (nSPS) is 12.5. The minimum absolute atomic E-state index is 0.150. The number of nitrogens with one attached hydrogen (secondary N) is 2. The molecule has 9 heteroatoms. The summed E-state index contributed by atoms with van der Waals surface area (Å²) in [5.74, 6) is -2.17. The first-order chi connectivity index (χ1) is 11.3.